The third kappa shape index (κ3) is 5.97. The number of aromatic nitrogens is 4. The summed E-state index contributed by atoms with van der Waals surface area (Å²) in [4.78, 5) is 19.7. The molecule has 2 saturated heterocycles. The number of nitrogens with zero attached hydrogens (tertiary/aromatic N) is 7. The van der Waals surface area contributed by atoms with E-state index >= 15 is 0 Å². The van der Waals surface area contributed by atoms with Crippen LogP contribution in [0, 0.1) is 12.8 Å². The van der Waals surface area contributed by atoms with Gasteiger partial charge in [0.05, 0.1) is 0 Å². The van der Waals surface area contributed by atoms with Crippen LogP contribution >= 0.6 is 0 Å². The summed E-state index contributed by atoms with van der Waals surface area (Å²) in [6.45, 7) is 9.91. The van der Waals surface area contributed by atoms with Gasteiger partial charge in [-0.2, -0.15) is 4.52 Å². The topological polar surface area (TPSA) is 81.9 Å². The first kappa shape index (κ1) is 23.7. The van der Waals surface area contributed by atoms with E-state index < -0.39 is 0 Å². The summed E-state index contributed by atoms with van der Waals surface area (Å²) in [5.74, 6) is 2.24. The molecule has 35 heavy (non-hydrogen) atoms. The van der Waals surface area contributed by atoms with Crippen LogP contribution in [0.15, 0.2) is 36.4 Å². The van der Waals surface area contributed by atoms with E-state index in [2.05, 4.69) is 68.5 Å². The van der Waals surface area contributed by atoms with Crippen molar-refractivity contribution in [3.8, 4) is 0 Å². The predicted molar refractivity (Wildman–Crippen MR) is 136 cm³/mol. The van der Waals surface area contributed by atoms with Crippen molar-refractivity contribution in [3.63, 3.8) is 0 Å². The minimum Gasteiger partial charge on any atom is -0.356 e. The van der Waals surface area contributed by atoms with E-state index in [1.165, 1.54) is 11.1 Å². The molecule has 9 nitrogen and oxygen atoms in total. The normalized spacial score (nSPS) is 19.5. The maximum Gasteiger partial charge on any atom is 0.220 e. The quantitative estimate of drug-likeness (QED) is 0.531. The van der Waals surface area contributed by atoms with Gasteiger partial charge in [0.15, 0.2) is 11.5 Å². The molecule has 3 aromatic rings. The molecule has 2 aliphatic rings. The van der Waals surface area contributed by atoms with Crippen LogP contribution in [0.2, 0.25) is 0 Å². The number of benzene rings is 1. The zero-order valence-corrected chi connectivity index (χ0v) is 20.9. The number of amides is 1. The number of hydrogen-bond acceptors (Lipinski definition) is 7. The van der Waals surface area contributed by atoms with E-state index in [9.17, 15) is 4.79 Å². The molecule has 5 rings (SSSR count). The van der Waals surface area contributed by atoms with E-state index in [1.54, 1.807) is 4.52 Å². The highest BCUT2D eigenvalue weighted by Crippen LogP contribution is 2.19. The van der Waals surface area contributed by atoms with Crippen molar-refractivity contribution in [1.82, 2.24) is 34.9 Å². The van der Waals surface area contributed by atoms with E-state index in [4.69, 9.17) is 5.10 Å². The lowest BCUT2D eigenvalue weighted by molar-refractivity contribution is -0.121. The number of carbonyl (C=O) groups is 1. The fraction of sp³-hybridized carbons (Fsp3) is 0.538. The third-order valence-corrected chi connectivity index (χ3v) is 7.20. The Morgan fingerprint density at radius 1 is 1.03 bits per heavy atom. The van der Waals surface area contributed by atoms with E-state index in [-0.39, 0.29) is 5.91 Å². The molecule has 2 aliphatic heterocycles. The second-order valence-corrected chi connectivity index (χ2v) is 10.0. The van der Waals surface area contributed by atoms with Gasteiger partial charge in [0.2, 0.25) is 5.91 Å². The van der Waals surface area contributed by atoms with Crippen LogP contribution in [-0.2, 0) is 17.8 Å². The lowest BCUT2D eigenvalue weighted by Gasteiger charge is -2.33. The number of fused-ring (bicyclic) bond motifs is 1. The highest BCUT2D eigenvalue weighted by Gasteiger charge is 2.23. The average Bonchev–Trinajstić information content (AvgIpc) is 3.49. The van der Waals surface area contributed by atoms with Gasteiger partial charge in [-0.3, -0.25) is 9.69 Å². The molecule has 0 radical (unpaired) electrons. The number of piperazine rings is 1. The molecule has 186 valence electrons. The second kappa shape index (κ2) is 10.7. The van der Waals surface area contributed by atoms with Gasteiger partial charge in [0, 0.05) is 58.7 Å². The van der Waals surface area contributed by atoms with Gasteiger partial charge in [0.25, 0.3) is 0 Å². The highest BCUT2D eigenvalue weighted by atomic mass is 16.1. The summed E-state index contributed by atoms with van der Waals surface area (Å²) >= 11 is 0. The van der Waals surface area contributed by atoms with Gasteiger partial charge in [-0.25, -0.2) is 0 Å². The number of likely N-dealkylation sites (N-methyl/N-ethyl adjacent to an activating group) is 1. The Kier molecular flexibility index (Phi) is 7.24. The highest BCUT2D eigenvalue weighted by molar-refractivity contribution is 5.76. The van der Waals surface area contributed by atoms with Crippen molar-refractivity contribution in [2.75, 3.05) is 57.8 Å². The zero-order valence-electron chi connectivity index (χ0n) is 20.9. The van der Waals surface area contributed by atoms with Crippen LogP contribution in [0.3, 0.4) is 0 Å². The minimum absolute atomic E-state index is 0.0638. The molecule has 1 atom stereocenters. The Bertz CT molecular complexity index is 1140. The van der Waals surface area contributed by atoms with Crippen molar-refractivity contribution in [1.29, 1.82) is 0 Å². The molecule has 0 spiro atoms. The number of likely N-dealkylation sites (tertiary alicyclic amines) is 1. The molecular formula is C26H36N8O. The largest absolute Gasteiger partial charge is 0.356 e. The minimum atomic E-state index is 0.0638. The van der Waals surface area contributed by atoms with E-state index in [0.717, 1.165) is 76.1 Å². The molecule has 0 saturated carbocycles. The number of hydrogen-bond donors (Lipinski definition) is 1. The molecule has 1 unspecified atom stereocenters. The van der Waals surface area contributed by atoms with Gasteiger partial charge in [-0.15, -0.1) is 15.3 Å². The van der Waals surface area contributed by atoms with Crippen molar-refractivity contribution in [2.24, 2.45) is 5.92 Å². The summed E-state index contributed by atoms with van der Waals surface area (Å²) < 4.78 is 1.79. The third-order valence-electron chi connectivity index (χ3n) is 7.20. The van der Waals surface area contributed by atoms with Gasteiger partial charge >= 0.3 is 0 Å². The molecule has 4 heterocycles. The fourth-order valence-electron chi connectivity index (χ4n) is 4.93. The van der Waals surface area contributed by atoms with Crippen LogP contribution in [0.25, 0.3) is 5.65 Å². The zero-order chi connectivity index (χ0) is 24.2. The van der Waals surface area contributed by atoms with Crippen molar-refractivity contribution >= 4 is 17.4 Å². The van der Waals surface area contributed by atoms with Gasteiger partial charge in [0.1, 0.15) is 5.82 Å². The average molecular weight is 477 g/mol. The lowest BCUT2D eigenvalue weighted by Crippen LogP contribution is -2.45. The molecule has 1 amide bonds. The number of anilines is 1. The summed E-state index contributed by atoms with van der Waals surface area (Å²) in [7, 11) is 2.14. The fourth-order valence-corrected chi connectivity index (χ4v) is 4.93. The number of carbonyl (C=O) groups excluding carboxylic acids is 1. The lowest BCUT2D eigenvalue weighted by atomic mass is 10.1. The maximum atomic E-state index is 12.6. The molecule has 9 heteroatoms. The first-order valence-corrected chi connectivity index (χ1v) is 12.7. The molecule has 0 aliphatic carbocycles. The second-order valence-electron chi connectivity index (χ2n) is 10.0. The SMILES string of the molecule is Cc1ccc(CN2CCC(CNC(=O)CCc3nnc4ccc(N5CCN(C)CC5)nn34)C2)cc1. The standard InChI is InChI=1S/C26H36N8O/c1-20-3-5-21(6-4-20)18-32-12-11-22(19-32)17-27-26(35)10-9-24-29-28-23-7-8-25(30-34(23)24)33-15-13-31(2)14-16-33/h3-8,22H,9-19H2,1-2H3,(H,27,35). The Labute approximate surface area is 207 Å². The van der Waals surface area contributed by atoms with Crippen LogP contribution in [0.1, 0.15) is 29.8 Å². The van der Waals surface area contributed by atoms with Crippen LogP contribution < -0.4 is 10.2 Å². The summed E-state index contributed by atoms with van der Waals surface area (Å²) in [5.41, 5.74) is 3.37. The first-order valence-electron chi connectivity index (χ1n) is 12.7. The number of rotatable bonds is 8. The van der Waals surface area contributed by atoms with Crippen molar-refractivity contribution in [3.05, 3.63) is 53.3 Å². The summed E-state index contributed by atoms with van der Waals surface area (Å²) in [6.07, 6.45) is 2.04. The number of aryl methyl sites for hydroxylation is 2. The Morgan fingerprint density at radius 2 is 1.83 bits per heavy atom. The maximum absolute atomic E-state index is 12.6. The number of nitrogens with one attached hydrogen (secondary N) is 1. The van der Waals surface area contributed by atoms with Gasteiger partial charge in [-0.05, 0) is 50.6 Å². The van der Waals surface area contributed by atoms with E-state index in [0.29, 0.717) is 18.8 Å². The van der Waals surface area contributed by atoms with Crippen LogP contribution in [0.5, 0.6) is 0 Å². The Morgan fingerprint density at radius 3 is 2.63 bits per heavy atom. The van der Waals surface area contributed by atoms with Gasteiger partial charge < -0.3 is 15.1 Å². The molecule has 2 aromatic heterocycles. The Balaban J connectivity index is 1.09. The van der Waals surface area contributed by atoms with Crippen LogP contribution in [-0.4, -0.2) is 88.4 Å². The molecule has 0 bridgehead atoms. The summed E-state index contributed by atoms with van der Waals surface area (Å²) in [6, 6.07) is 12.7. The van der Waals surface area contributed by atoms with E-state index in [1.807, 2.05) is 12.1 Å². The molecule has 2 fully saturated rings. The predicted octanol–water partition coefficient (Wildman–Crippen LogP) is 1.76. The van der Waals surface area contributed by atoms with Gasteiger partial charge in [-0.1, -0.05) is 29.8 Å². The first-order chi connectivity index (χ1) is 17.0. The monoisotopic (exact) mass is 476 g/mol. The Hall–Kier alpha value is -3.04. The summed E-state index contributed by atoms with van der Waals surface area (Å²) in [5, 5.41) is 16.5. The molecular weight excluding hydrogens is 440 g/mol. The van der Waals surface area contributed by atoms with Crippen LogP contribution in [0.4, 0.5) is 5.82 Å². The van der Waals surface area contributed by atoms with Crippen molar-refractivity contribution < 1.29 is 4.79 Å². The molecule has 1 aromatic carbocycles. The molecule has 1 N–H and O–H groups in total. The smallest absolute Gasteiger partial charge is 0.220 e. The van der Waals surface area contributed by atoms with Crippen molar-refractivity contribution in [2.45, 2.75) is 32.7 Å².